The zero-order valence-corrected chi connectivity index (χ0v) is 10.3. The van der Waals surface area contributed by atoms with Gasteiger partial charge in [0.05, 0.1) is 10.6 Å². The van der Waals surface area contributed by atoms with E-state index in [4.69, 9.17) is 11.5 Å². The summed E-state index contributed by atoms with van der Waals surface area (Å²) in [6, 6.07) is 11.9. The van der Waals surface area contributed by atoms with Crippen molar-refractivity contribution < 1.29 is 0 Å². The number of aliphatic imine (C=N–C) groups is 1. The summed E-state index contributed by atoms with van der Waals surface area (Å²) in [6.45, 7) is 0.646. The van der Waals surface area contributed by atoms with E-state index >= 15 is 0 Å². The van der Waals surface area contributed by atoms with Gasteiger partial charge in [-0.2, -0.15) is 0 Å². The second-order valence-corrected chi connectivity index (χ2v) is 4.63. The molecule has 1 heterocycles. The molecule has 0 radical (unpaired) electrons. The number of nitrogens with zero attached hydrogens (tertiary/aromatic N) is 1. The summed E-state index contributed by atoms with van der Waals surface area (Å²) in [5.41, 5.74) is 13.5. The molecule has 17 heavy (non-hydrogen) atoms. The molecule has 1 aromatic carbocycles. The van der Waals surface area contributed by atoms with E-state index in [2.05, 4.69) is 4.99 Å². The molecule has 0 unspecified atom stereocenters. The van der Waals surface area contributed by atoms with Gasteiger partial charge in [-0.15, -0.1) is 11.3 Å². The van der Waals surface area contributed by atoms with Gasteiger partial charge in [0.1, 0.15) is 5.84 Å². The first-order valence-electron chi connectivity index (χ1n) is 5.46. The topological polar surface area (TPSA) is 64.4 Å². The lowest BCUT2D eigenvalue weighted by atomic mass is 10.1. The molecule has 88 valence electrons. The van der Waals surface area contributed by atoms with Crippen LogP contribution in [0.25, 0.3) is 0 Å². The first-order valence-corrected chi connectivity index (χ1v) is 6.34. The van der Waals surface area contributed by atoms with E-state index in [1.165, 1.54) is 5.56 Å². The normalized spacial score (nSPS) is 11.7. The number of benzene rings is 1. The van der Waals surface area contributed by atoms with Crippen LogP contribution in [0.2, 0.25) is 0 Å². The molecule has 4 N–H and O–H groups in total. The maximum Gasteiger partial charge on any atom is 0.141 e. The predicted molar refractivity (Wildman–Crippen MR) is 73.9 cm³/mol. The van der Waals surface area contributed by atoms with Crippen LogP contribution in [0, 0.1) is 0 Å². The number of rotatable bonds is 4. The summed E-state index contributed by atoms with van der Waals surface area (Å²) in [4.78, 5) is 5.40. The van der Waals surface area contributed by atoms with Crippen molar-refractivity contribution in [2.45, 2.75) is 6.42 Å². The summed E-state index contributed by atoms with van der Waals surface area (Å²) in [5, 5.41) is 1.99. The highest BCUT2D eigenvalue weighted by atomic mass is 32.1. The summed E-state index contributed by atoms with van der Waals surface area (Å²) < 4.78 is 0. The zero-order valence-electron chi connectivity index (χ0n) is 9.47. The van der Waals surface area contributed by atoms with E-state index in [0.29, 0.717) is 12.4 Å². The van der Waals surface area contributed by atoms with Crippen molar-refractivity contribution in [3.63, 3.8) is 0 Å². The van der Waals surface area contributed by atoms with E-state index in [1.54, 1.807) is 11.3 Å². The lowest BCUT2D eigenvalue weighted by Gasteiger charge is -2.01. The minimum atomic E-state index is 0.560. The highest BCUT2D eigenvalue weighted by Gasteiger charge is 2.00. The Labute approximate surface area is 105 Å². The van der Waals surface area contributed by atoms with Crippen molar-refractivity contribution in [1.82, 2.24) is 0 Å². The van der Waals surface area contributed by atoms with Crippen LogP contribution < -0.4 is 11.5 Å². The summed E-state index contributed by atoms with van der Waals surface area (Å²) in [5.74, 6) is 0.560. The fourth-order valence-corrected chi connectivity index (χ4v) is 2.19. The van der Waals surface area contributed by atoms with E-state index < -0.39 is 0 Å². The van der Waals surface area contributed by atoms with Gasteiger partial charge in [-0.3, -0.25) is 0 Å². The van der Waals surface area contributed by atoms with Gasteiger partial charge in [-0.25, -0.2) is 4.99 Å². The van der Waals surface area contributed by atoms with Crippen LogP contribution in [0.5, 0.6) is 0 Å². The third kappa shape index (κ3) is 3.15. The van der Waals surface area contributed by atoms with Crippen molar-refractivity contribution in [3.8, 4) is 0 Å². The Kier molecular flexibility index (Phi) is 3.90. The number of thiophene rings is 1. The van der Waals surface area contributed by atoms with Gasteiger partial charge < -0.3 is 11.5 Å². The fraction of sp³-hybridized carbons (Fsp3) is 0.154. The van der Waals surface area contributed by atoms with Gasteiger partial charge in [0.15, 0.2) is 0 Å². The van der Waals surface area contributed by atoms with Crippen molar-refractivity contribution in [2.75, 3.05) is 6.54 Å². The summed E-state index contributed by atoms with van der Waals surface area (Å²) in [6.07, 6.45) is 0.863. The Morgan fingerprint density at radius 2 is 2.12 bits per heavy atom. The van der Waals surface area contributed by atoms with Gasteiger partial charge in [0, 0.05) is 0 Å². The molecule has 0 spiro atoms. The molecule has 2 rings (SSSR count). The monoisotopic (exact) mass is 245 g/mol. The number of nitrogens with two attached hydrogens (primary N) is 2. The largest absolute Gasteiger partial charge is 0.383 e. The SMILES string of the molecule is NCCc1cccc(N=C(N)c2cccs2)c1. The molecule has 0 fully saturated rings. The quantitative estimate of drug-likeness (QED) is 0.641. The molecule has 4 heteroatoms. The van der Waals surface area contributed by atoms with Crippen molar-refractivity contribution >= 4 is 22.9 Å². The summed E-state index contributed by atoms with van der Waals surface area (Å²) >= 11 is 1.59. The van der Waals surface area contributed by atoms with Crippen molar-refractivity contribution in [3.05, 3.63) is 52.2 Å². The van der Waals surface area contributed by atoms with Crippen molar-refractivity contribution in [2.24, 2.45) is 16.5 Å². The Bertz CT molecular complexity index is 503. The Balaban J connectivity index is 2.23. The molecule has 2 aromatic rings. The maximum absolute atomic E-state index is 5.93. The van der Waals surface area contributed by atoms with Gasteiger partial charge >= 0.3 is 0 Å². The third-order valence-electron chi connectivity index (χ3n) is 2.37. The lowest BCUT2D eigenvalue weighted by molar-refractivity contribution is 0.969. The van der Waals surface area contributed by atoms with Crippen molar-refractivity contribution in [1.29, 1.82) is 0 Å². The second-order valence-electron chi connectivity index (χ2n) is 3.68. The Morgan fingerprint density at radius 3 is 2.82 bits per heavy atom. The lowest BCUT2D eigenvalue weighted by Crippen LogP contribution is -2.10. The highest BCUT2D eigenvalue weighted by Crippen LogP contribution is 2.17. The molecule has 3 nitrogen and oxygen atoms in total. The molecule has 0 saturated carbocycles. The molecule has 0 amide bonds. The Morgan fingerprint density at radius 1 is 1.24 bits per heavy atom. The van der Waals surface area contributed by atoms with E-state index in [9.17, 15) is 0 Å². The number of hydrogen-bond donors (Lipinski definition) is 2. The Hall–Kier alpha value is -1.65. The summed E-state index contributed by atoms with van der Waals surface area (Å²) in [7, 11) is 0. The third-order valence-corrected chi connectivity index (χ3v) is 3.26. The highest BCUT2D eigenvalue weighted by molar-refractivity contribution is 7.12. The minimum absolute atomic E-state index is 0.560. The smallest absolute Gasteiger partial charge is 0.141 e. The van der Waals surface area contributed by atoms with Gasteiger partial charge in [-0.1, -0.05) is 18.2 Å². The van der Waals surface area contributed by atoms with E-state index in [-0.39, 0.29) is 0 Å². The van der Waals surface area contributed by atoms with Gasteiger partial charge in [-0.05, 0) is 42.1 Å². The molecule has 0 bridgehead atoms. The molecule has 0 saturated heterocycles. The van der Waals surface area contributed by atoms with E-state index in [0.717, 1.165) is 17.0 Å². The first kappa shape index (κ1) is 11.8. The van der Waals surface area contributed by atoms with Crippen LogP contribution in [0.15, 0.2) is 46.8 Å². The first-order chi connectivity index (χ1) is 8.29. The van der Waals surface area contributed by atoms with Crippen LogP contribution in [-0.4, -0.2) is 12.4 Å². The number of amidine groups is 1. The van der Waals surface area contributed by atoms with Crippen LogP contribution in [0.3, 0.4) is 0 Å². The molecular weight excluding hydrogens is 230 g/mol. The van der Waals surface area contributed by atoms with Gasteiger partial charge in [0.2, 0.25) is 0 Å². The molecule has 0 aliphatic rings. The molecule has 0 aliphatic heterocycles. The van der Waals surface area contributed by atoms with Crippen LogP contribution in [-0.2, 0) is 6.42 Å². The fourth-order valence-electron chi connectivity index (χ4n) is 1.57. The molecule has 0 aliphatic carbocycles. The minimum Gasteiger partial charge on any atom is -0.383 e. The van der Waals surface area contributed by atoms with Gasteiger partial charge in [0.25, 0.3) is 0 Å². The average Bonchev–Trinajstić information content (AvgIpc) is 2.83. The molecule has 1 aromatic heterocycles. The van der Waals surface area contributed by atoms with Crippen LogP contribution in [0.1, 0.15) is 10.4 Å². The predicted octanol–water partition coefficient (Wildman–Crippen LogP) is 2.29. The zero-order chi connectivity index (χ0) is 12.1. The maximum atomic E-state index is 5.93. The second kappa shape index (κ2) is 5.61. The van der Waals surface area contributed by atoms with Crippen LogP contribution >= 0.6 is 11.3 Å². The number of hydrogen-bond acceptors (Lipinski definition) is 3. The van der Waals surface area contributed by atoms with E-state index in [1.807, 2.05) is 41.8 Å². The average molecular weight is 245 g/mol. The van der Waals surface area contributed by atoms with Crippen LogP contribution in [0.4, 0.5) is 5.69 Å². The molecule has 0 atom stereocenters. The standard InChI is InChI=1S/C13H15N3S/c14-7-6-10-3-1-4-11(9-10)16-13(15)12-5-2-8-17-12/h1-5,8-9H,6-7,14H2,(H2,15,16). The molecular formula is C13H15N3S.